The summed E-state index contributed by atoms with van der Waals surface area (Å²) in [7, 11) is 0. The Balaban J connectivity index is 2.73. The third-order valence-corrected chi connectivity index (χ3v) is 5.17. The van der Waals surface area contributed by atoms with Crippen molar-refractivity contribution in [3.63, 3.8) is 0 Å². The van der Waals surface area contributed by atoms with Gasteiger partial charge in [-0.05, 0) is 63.8 Å². The lowest BCUT2D eigenvalue weighted by atomic mass is 9.92. The van der Waals surface area contributed by atoms with Crippen molar-refractivity contribution in [3.8, 4) is 0 Å². The molecular weight excluding hydrogens is 302 g/mol. The van der Waals surface area contributed by atoms with Crippen LogP contribution in [0.5, 0.6) is 0 Å². The highest BCUT2D eigenvalue weighted by atomic mass is 35.5. The quantitative estimate of drug-likeness (QED) is 0.511. The molecular formula is C21H28ClN. The molecule has 1 aromatic rings. The lowest BCUT2D eigenvalue weighted by Crippen LogP contribution is -2.14. The standard InChI is InChI=1S/C21H28ClN/c1-12-9-15(4)19(23-20(22)21(6,7)8)17(10-12)18-14(3)11-13(2)16(18)5/h9-10H,11H2,1-8H3. The molecule has 0 bridgehead atoms. The van der Waals surface area contributed by atoms with E-state index in [1.165, 1.54) is 39.0 Å². The first-order valence-electron chi connectivity index (χ1n) is 8.25. The van der Waals surface area contributed by atoms with Gasteiger partial charge in [-0.1, -0.05) is 55.1 Å². The molecule has 0 radical (unpaired) electrons. The normalized spacial score (nSPS) is 16.7. The second-order valence-electron chi connectivity index (χ2n) is 7.87. The van der Waals surface area contributed by atoms with Crippen LogP contribution in [-0.4, -0.2) is 5.17 Å². The number of halogens is 1. The van der Waals surface area contributed by atoms with Crippen molar-refractivity contribution in [2.24, 2.45) is 10.4 Å². The Bertz CT molecular complexity index is 740. The topological polar surface area (TPSA) is 12.4 Å². The second kappa shape index (κ2) is 6.28. The van der Waals surface area contributed by atoms with Gasteiger partial charge in [0.2, 0.25) is 0 Å². The zero-order chi connectivity index (χ0) is 17.5. The number of benzene rings is 1. The van der Waals surface area contributed by atoms with E-state index < -0.39 is 0 Å². The summed E-state index contributed by atoms with van der Waals surface area (Å²) in [6.07, 6.45) is 1.06. The lowest BCUT2D eigenvalue weighted by molar-refractivity contribution is 0.601. The van der Waals surface area contributed by atoms with E-state index in [0.717, 1.165) is 12.1 Å². The molecule has 0 spiro atoms. The Morgan fingerprint density at radius 1 is 1.00 bits per heavy atom. The van der Waals surface area contributed by atoms with Crippen LogP contribution in [0.15, 0.2) is 33.8 Å². The Kier molecular flexibility index (Phi) is 4.92. The molecule has 1 aliphatic carbocycles. The molecule has 124 valence electrons. The zero-order valence-corrected chi connectivity index (χ0v) is 16.4. The van der Waals surface area contributed by atoms with Gasteiger partial charge in [-0.15, -0.1) is 0 Å². The Labute approximate surface area is 146 Å². The molecule has 0 amide bonds. The van der Waals surface area contributed by atoms with Crippen molar-refractivity contribution in [3.05, 3.63) is 45.5 Å². The van der Waals surface area contributed by atoms with Crippen molar-refractivity contribution < 1.29 is 0 Å². The number of rotatable bonds is 2. The van der Waals surface area contributed by atoms with Gasteiger partial charge in [0.15, 0.2) is 0 Å². The van der Waals surface area contributed by atoms with Crippen LogP contribution in [-0.2, 0) is 0 Å². The van der Waals surface area contributed by atoms with Gasteiger partial charge < -0.3 is 0 Å². The summed E-state index contributed by atoms with van der Waals surface area (Å²) >= 11 is 6.51. The average Bonchev–Trinajstić information content (AvgIpc) is 2.65. The van der Waals surface area contributed by atoms with E-state index in [9.17, 15) is 0 Å². The maximum atomic E-state index is 6.51. The first-order valence-corrected chi connectivity index (χ1v) is 8.63. The van der Waals surface area contributed by atoms with Crippen molar-refractivity contribution in [1.29, 1.82) is 0 Å². The summed E-state index contributed by atoms with van der Waals surface area (Å²) < 4.78 is 0. The molecule has 0 unspecified atom stereocenters. The van der Waals surface area contributed by atoms with Gasteiger partial charge in [0.25, 0.3) is 0 Å². The molecule has 0 atom stereocenters. The second-order valence-corrected chi connectivity index (χ2v) is 8.23. The number of allylic oxidation sites excluding steroid dienone is 4. The SMILES string of the molecule is CC1=C(C)C(c2cc(C)cc(C)c2N=C(Cl)C(C)(C)C)=C(C)C1. The molecule has 1 nitrogen and oxygen atoms in total. The summed E-state index contributed by atoms with van der Waals surface area (Å²) in [5, 5.41) is 0.653. The fraction of sp³-hybridized carbons (Fsp3) is 0.476. The van der Waals surface area contributed by atoms with Gasteiger partial charge in [0, 0.05) is 11.0 Å². The minimum atomic E-state index is -0.143. The first-order chi connectivity index (χ1) is 10.5. The molecule has 1 aliphatic rings. The van der Waals surface area contributed by atoms with Gasteiger partial charge in [-0.2, -0.15) is 0 Å². The molecule has 23 heavy (non-hydrogen) atoms. The van der Waals surface area contributed by atoms with E-state index in [4.69, 9.17) is 16.6 Å². The molecule has 0 saturated carbocycles. The summed E-state index contributed by atoms with van der Waals surface area (Å²) in [6.45, 7) is 17.2. The molecule has 0 N–H and O–H groups in total. The van der Waals surface area contributed by atoms with Crippen molar-refractivity contribution in [2.75, 3.05) is 0 Å². The first kappa shape index (κ1) is 18.0. The Hall–Kier alpha value is -1.34. The highest BCUT2D eigenvalue weighted by Crippen LogP contribution is 2.43. The van der Waals surface area contributed by atoms with Crippen LogP contribution in [0.25, 0.3) is 5.57 Å². The fourth-order valence-electron chi connectivity index (χ4n) is 3.15. The molecule has 0 heterocycles. The monoisotopic (exact) mass is 329 g/mol. The van der Waals surface area contributed by atoms with Crippen LogP contribution in [0.3, 0.4) is 0 Å². The van der Waals surface area contributed by atoms with Crippen LogP contribution in [0, 0.1) is 19.3 Å². The van der Waals surface area contributed by atoms with Crippen LogP contribution >= 0.6 is 11.6 Å². The molecule has 2 heteroatoms. The minimum absolute atomic E-state index is 0.143. The highest BCUT2D eigenvalue weighted by Gasteiger charge is 2.23. The molecule has 1 aromatic carbocycles. The molecule has 0 aliphatic heterocycles. The van der Waals surface area contributed by atoms with E-state index >= 15 is 0 Å². The number of aryl methyl sites for hydroxylation is 2. The molecule has 2 rings (SSSR count). The third kappa shape index (κ3) is 3.61. The van der Waals surface area contributed by atoms with E-state index in [2.05, 4.69) is 67.5 Å². The van der Waals surface area contributed by atoms with E-state index in [1.54, 1.807) is 0 Å². The predicted molar refractivity (Wildman–Crippen MR) is 104 cm³/mol. The predicted octanol–water partition coefficient (Wildman–Crippen LogP) is 7.13. The van der Waals surface area contributed by atoms with Crippen LogP contribution < -0.4 is 0 Å². The summed E-state index contributed by atoms with van der Waals surface area (Å²) in [5.74, 6) is 0. The summed E-state index contributed by atoms with van der Waals surface area (Å²) in [5.41, 5.74) is 10.1. The highest BCUT2D eigenvalue weighted by molar-refractivity contribution is 6.66. The Morgan fingerprint density at radius 3 is 2.09 bits per heavy atom. The minimum Gasteiger partial charge on any atom is -0.240 e. The Morgan fingerprint density at radius 2 is 1.61 bits per heavy atom. The van der Waals surface area contributed by atoms with Gasteiger partial charge >= 0.3 is 0 Å². The summed E-state index contributed by atoms with van der Waals surface area (Å²) in [4.78, 5) is 4.83. The molecule has 0 saturated heterocycles. The van der Waals surface area contributed by atoms with Crippen molar-refractivity contribution in [2.45, 2.75) is 61.8 Å². The molecule has 0 aromatic heterocycles. The van der Waals surface area contributed by atoms with Crippen LogP contribution in [0.4, 0.5) is 5.69 Å². The van der Waals surface area contributed by atoms with E-state index in [-0.39, 0.29) is 5.41 Å². The van der Waals surface area contributed by atoms with E-state index in [1.807, 2.05) is 0 Å². The lowest BCUT2D eigenvalue weighted by Gasteiger charge is -2.19. The van der Waals surface area contributed by atoms with E-state index in [0.29, 0.717) is 5.17 Å². The largest absolute Gasteiger partial charge is 0.240 e. The maximum absolute atomic E-state index is 6.51. The third-order valence-electron chi connectivity index (χ3n) is 4.52. The smallest absolute Gasteiger partial charge is 0.112 e. The van der Waals surface area contributed by atoms with Gasteiger partial charge in [0.05, 0.1) is 5.69 Å². The molecule has 0 fully saturated rings. The zero-order valence-electron chi connectivity index (χ0n) is 15.7. The van der Waals surface area contributed by atoms with Gasteiger partial charge in [-0.3, -0.25) is 0 Å². The van der Waals surface area contributed by atoms with Crippen LogP contribution in [0.1, 0.15) is 64.7 Å². The fourth-order valence-corrected chi connectivity index (χ4v) is 3.23. The average molecular weight is 330 g/mol. The summed E-state index contributed by atoms with van der Waals surface area (Å²) in [6, 6.07) is 4.44. The van der Waals surface area contributed by atoms with Crippen molar-refractivity contribution in [1.82, 2.24) is 0 Å². The number of hydrogen-bond donors (Lipinski definition) is 0. The van der Waals surface area contributed by atoms with Gasteiger partial charge in [-0.25, -0.2) is 4.99 Å². The number of nitrogens with zero attached hydrogens (tertiary/aromatic N) is 1. The number of aliphatic imine (C=N–C) groups is 1. The maximum Gasteiger partial charge on any atom is 0.112 e. The van der Waals surface area contributed by atoms with Crippen LogP contribution in [0.2, 0.25) is 0 Å². The number of hydrogen-bond acceptors (Lipinski definition) is 1. The van der Waals surface area contributed by atoms with Crippen molar-refractivity contribution >= 4 is 28.0 Å². The van der Waals surface area contributed by atoms with Gasteiger partial charge in [0.1, 0.15) is 5.17 Å².